The highest BCUT2D eigenvalue weighted by molar-refractivity contribution is 6.34. The van der Waals surface area contributed by atoms with Crippen LogP contribution in [0.3, 0.4) is 0 Å². The van der Waals surface area contributed by atoms with Gasteiger partial charge in [0.05, 0.1) is 21.8 Å². The maximum Gasteiger partial charge on any atom is 0.0769 e. The summed E-state index contributed by atoms with van der Waals surface area (Å²) in [6.45, 7) is 4.86. The fourth-order valence-corrected chi connectivity index (χ4v) is 1.98. The molecule has 1 N–H and O–H groups in total. The van der Waals surface area contributed by atoms with Crippen LogP contribution in [0, 0.1) is 11.8 Å². The van der Waals surface area contributed by atoms with Crippen LogP contribution in [0.15, 0.2) is 12.3 Å². The lowest BCUT2D eigenvalue weighted by Gasteiger charge is -2.16. The van der Waals surface area contributed by atoms with Crippen LogP contribution in [-0.2, 0) is 0 Å². The Hall–Kier alpha value is -0.750. The van der Waals surface area contributed by atoms with Crippen molar-refractivity contribution in [2.45, 2.75) is 32.7 Å². The Morgan fingerprint density at radius 2 is 2.24 bits per heavy atom. The molecule has 17 heavy (non-hydrogen) atoms. The molecule has 0 aromatic carbocycles. The van der Waals surface area contributed by atoms with Gasteiger partial charge in [0.1, 0.15) is 0 Å². The lowest BCUT2D eigenvalue weighted by Crippen LogP contribution is -2.23. The number of aromatic nitrogens is 1. The Morgan fingerprint density at radius 3 is 2.82 bits per heavy atom. The van der Waals surface area contributed by atoms with E-state index in [4.69, 9.17) is 23.2 Å². The van der Waals surface area contributed by atoms with Crippen LogP contribution < -0.4 is 5.32 Å². The second-order valence-corrected chi connectivity index (χ2v) is 4.50. The van der Waals surface area contributed by atoms with E-state index >= 15 is 0 Å². The van der Waals surface area contributed by atoms with Crippen molar-refractivity contribution in [1.29, 1.82) is 0 Å². The molecule has 0 aliphatic carbocycles. The molecular formula is C13H16Cl2N2. The van der Waals surface area contributed by atoms with Gasteiger partial charge < -0.3 is 5.32 Å². The van der Waals surface area contributed by atoms with Gasteiger partial charge >= 0.3 is 0 Å². The van der Waals surface area contributed by atoms with Crippen LogP contribution in [0.25, 0.3) is 0 Å². The molecule has 0 fully saturated rings. The van der Waals surface area contributed by atoms with Crippen LogP contribution in [0.4, 0.5) is 0 Å². The van der Waals surface area contributed by atoms with E-state index in [2.05, 4.69) is 29.1 Å². The molecule has 1 rings (SSSR count). The van der Waals surface area contributed by atoms with Crippen molar-refractivity contribution in [3.8, 4) is 11.8 Å². The number of pyridine rings is 1. The summed E-state index contributed by atoms with van der Waals surface area (Å²) in [6.07, 6.45) is 3.37. The number of rotatable bonds is 5. The first kappa shape index (κ1) is 14.3. The Bertz CT molecular complexity index is 421. The zero-order valence-electron chi connectivity index (χ0n) is 10.1. The maximum absolute atomic E-state index is 6.15. The highest BCUT2D eigenvalue weighted by Crippen LogP contribution is 2.25. The maximum atomic E-state index is 6.15. The molecule has 0 amide bonds. The fourth-order valence-electron chi connectivity index (χ4n) is 1.47. The minimum absolute atomic E-state index is 0.0622. The predicted molar refractivity (Wildman–Crippen MR) is 73.4 cm³/mol. The molecule has 0 aliphatic heterocycles. The van der Waals surface area contributed by atoms with Crippen LogP contribution in [0.5, 0.6) is 0 Å². The molecular weight excluding hydrogens is 255 g/mol. The molecule has 0 aliphatic rings. The summed E-state index contributed by atoms with van der Waals surface area (Å²) in [5, 5.41) is 4.53. The number of halogens is 2. The Morgan fingerprint density at radius 1 is 1.47 bits per heavy atom. The summed E-state index contributed by atoms with van der Waals surface area (Å²) < 4.78 is 0. The number of nitrogens with one attached hydrogen (secondary N) is 1. The minimum atomic E-state index is 0.0622. The van der Waals surface area contributed by atoms with E-state index in [0.717, 1.165) is 18.7 Å². The molecule has 2 nitrogen and oxygen atoms in total. The van der Waals surface area contributed by atoms with E-state index in [1.807, 2.05) is 6.92 Å². The third-order valence-corrected chi connectivity index (χ3v) is 2.80. The molecule has 0 bridgehead atoms. The van der Waals surface area contributed by atoms with Gasteiger partial charge in [0, 0.05) is 12.6 Å². The minimum Gasteiger partial charge on any atom is -0.308 e. The van der Waals surface area contributed by atoms with E-state index < -0.39 is 0 Å². The van der Waals surface area contributed by atoms with Crippen LogP contribution in [0.1, 0.15) is 38.4 Å². The first-order chi connectivity index (χ1) is 8.19. The predicted octanol–water partition coefficient (Wildman–Crippen LogP) is 3.84. The largest absolute Gasteiger partial charge is 0.308 e. The van der Waals surface area contributed by atoms with E-state index in [1.165, 1.54) is 0 Å². The SMILES string of the molecule is CC#CCC(NCCC)c1ncc(Cl)cc1Cl. The van der Waals surface area contributed by atoms with Crippen LogP contribution >= 0.6 is 23.2 Å². The first-order valence-corrected chi connectivity index (χ1v) is 6.38. The Labute approximate surface area is 113 Å². The topological polar surface area (TPSA) is 24.9 Å². The second-order valence-electron chi connectivity index (χ2n) is 3.66. The van der Waals surface area contributed by atoms with E-state index in [9.17, 15) is 0 Å². The fraction of sp³-hybridized carbons (Fsp3) is 0.462. The van der Waals surface area contributed by atoms with Gasteiger partial charge in [0.2, 0.25) is 0 Å². The third-order valence-electron chi connectivity index (χ3n) is 2.29. The summed E-state index contributed by atoms with van der Waals surface area (Å²) in [5.41, 5.74) is 0.812. The van der Waals surface area contributed by atoms with Crippen molar-refractivity contribution in [2.24, 2.45) is 0 Å². The van der Waals surface area contributed by atoms with Gasteiger partial charge in [-0.25, -0.2) is 0 Å². The first-order valence-electron chi connectivity index (χ1n) is 5.63. The highest BCUT2D eigenvalue weighted by atomic mass is 35.5. The zero-order chi connectivity index (χ0) is 12.7. The molecule has 1 aromatic rings. The quantitative estimate of drug-likeness (QED) is 0.823. The lowest BCUT2D eigenvalue weighted by molar-refractivity contribution is 0.531. The number of hydrogen-bond donors (Lipinski definition) is 1. The normalized spacial score (nSPS) is 11.8. The van der Waals surface area contributed by atoms with Crippen molar-refractivity contribution in [3.05, 3.63) is 28.0 Å². The van der Waals surface area contributed by atoms with Crippen molar-refractivity contribution < 1.29 is 0 Å². The van der Waals surface area contributed by atoms with Crippen LogP contribution in [-0.4, -0.2) is 11.5 Å². The lowest BCUT2D eigenvalue weighted by atomic mass is 10.1. The van der Waals surface area contributed by atoms with Gasteiger partial charge in [-0.2, -0.15) is 0 Å². The summed E-state index contributed by atoms with van der Waals surface area (Å²) in [5.74, 6) is 5.94. The molecule has 92 valence electrons. The monoisotopic (exact) mass is 270 g/mol. The summed E-state index contributed by atoms with van der Waals surface area (Å²) in [7, 11) is 0. The molecule has 0 radical (unpaired) electrons. The molecule has 0 spiro atoms. The molecule has 1 atom stereocenters. The molecule has 0 saturated carbocycles. The summed E-state index contributed by atoms with van der Waals surface area (Å²) >= 11 is 12.0. The van der Waals surface area contributed by atoms with Gasteiger partial charge in [0.15, 0.2) is 0 Å². The Balaban J connectivity index is 2.89. The second kappa shape index (κ2) is 7.55. The Kier molecular flexibility index (Phi) is 6.36. The average Bonchev–Trinajstić information content (AvgIpc) is 2.30. The summed E-state index contributed by atoms with van der Waals surface area (Å²) in [6, 6.07) is 1.78. The van der Waals surface area contributed by atoms with Crippen molar-refractivity contribution in [2.75, 3.05) is 6.54 Å². The van der Waals surface area contributed by atoms with Crippen molar-refractivity contribution in [1.82, 2.24) is 10.3 Å². The molecule has 1 unspecified atom stereocenters. The van der Waals surface area contributed by atoms with E-state index in [-0.39, 0.29) is 6.04 Å². The van der Waals surface area contributed by atoms with Crippen molar-refractivity contribution >= 4 is 23.2 Å². The number of nitrogens with zero attached hydrogens (tertiary/aromatic N) is 1. The van der Waals surface area contributed by atoms with Gasteiger partial charge in [-0.15, -0.1) is 11.8 Å². The smallest absolute Gasteiger partial charge is 0.0769 e. The van der Waals surface area contributed by atoms with Gasteiger partial charge in [0.25, 0.3) is 0 Å². The molecule has 1 heterocycles. The van der Waals surface area contributed by atoms with Gasteiger partial charge in [-0.05, 0) is 26.0 Å². The third kappa shape index (κ3) is 4.55. The van der Waals surface area contributed by atoms with Gasteiger partial charge in [-0.1, -0.05) is 30.1 Å². The molecule has 1 aromatic heterocycles. The zero-order valence-corrected chi connectivity index (χ0v) is 11.6. The van der Waals surface area contributed by atoms with E-state index in [1.54, 1.807) is 12.3 Å². The molecule has 0 saturated heterocycles. The highest BCUT2D eigenvalue weighted by Gasteiger charge is 2.14. The summed E-state index contributed by atoms with van der Waals surface area (Å²) in [4.78, 5) is 4.29. The van der Waals surface area contributed by atoms with E-state index in [0.29, 0.717) is 16.5 Å². The average molecular weight is 271 g/mol. The van der Waals surface area contributed by atoms with Crippen LogP contribution in [0.2, 0.25) is 10.0 Å². The van der Waals surface area contributed by atoms with Gasteiger partial charge in [-0.3, -0.25) is 4.98 Å². The van der Waals surface area contributed by atoms with Crippen molar-refractivity contribution in [3.63, 3.8) is 0 Å². The standard InChI is InChI=1S/C13H16Cl2N2/c1-3-5-6-12(16-7-4-2)13-11(15)8-10(14)9-17-13/h8-9,12,16H,4,6-7H2,1-2H3. The number of hydrogen-bond acceptors (Lipinski definition) is 2. The molecule has 4 heteroatoms.